The van der Waals surface area contributed by atoms with Gasteiger partial charge in [-0.1, -0.05) is 37.3 Å². The molecule has 0 saturated carbocycles. The average Bonchev–Trinajstić information content (AvgIpc) is 2.89. The van der Waals surface area contributed by atoms with Crippen molar-refractivity contribution in [1.82, 2.24) is 0 Å². The van der Waals surface area contributed by atoms with Gasteiger partial charge in [0.15, 0.2) is 19.5 Å². The standard InChI is InChI=1S/C28H38O9/c1-6-20-21(14-15-22(29)26(27(30)34-7-2)28(31)35-8-3)25(19-12-10-9-11-13-19)24(37-18-33-5)16-23(20)36-17-32-4/h9-13,16,22,26,29H,6-8,14-15,17-18H2,1-5H3. The highest BCUT2D eigenvalue weighted by Crippen LogP contribution is 2.42. The number of hydrogen-bond acceptors (Lipinski definition) is 9. The maximum Gasteiger partial charge on any atom is 0.323 e. The van der Waals surface area contributed by atoms with Crippen molar-refractivity contribution in [2.24, 2.45) is 5.92 Å². The fourth-order valence-corrected chi connectivity index (χ4v) is 4.13. The second-order valence-electron chi connectivity index (χ2n) is 8.11. The molecule has 0 heterocycles. The Bertz CT molecular complexity index is 973. The topological polar surface area (TPSA) is 110 Å². The van der Waals surface area contributed by atoms with Crippen LogP contribution in [0.25, 0.3) is 11.1 Å². The Labute approximate surface area is 218 Å². The second kappa shape index (κ2) is 15.9. The van der Waals surface area contributed by atoms with E-state index in [1.54, 1.807) is 19.9 Å². The van der Waals surface area contributed by atoms with Gasteiger partial charge >= 0.3 is 11.9 Å². The Hall–Kier alpha value is -3.14. The van der Waals surface area contributed by atoms with Crippen molar-refractivity contribution in [3.8, 4) is 22.6 Å². The van der Waals surface area contributed by atoms with E-state index in [0.29, 0.717) is 24.3 Å². The summed E-state index contributed by atoms with van der Waals surface area (Å²) in [5, 5.41) is 11.0. The maximum absolute atomic E-state index is 12.5. The highest BCUT2D eigenvalue weighted by Gasteiger charge is 2.37. The minimum absolute atomic E-state index is 0.0187. The molecule has 2 rings (SSSR count). The number of esters is 2. The Balaban J connectivity index is 2.58. The Morgan fingerprint density at radius 1 is 0.838 bits per heavy atom. The van der Waals surface area contributed by atoms with Gasteiger partial charge in [0.1, 0.15) is 11.5 Å². The first-order chi connectivity index (χ1) is 17.9. The van der Waals surface area contributed by atoms with Crippen LogP contribution in [-0.4, -0.2) is 64.2 Å². The molecule has 37 heavy (non-hydrogen) atoms. The van der Waals surface area contributed by atoms with E-state index in [1.165, 1.54) is 14.2 Å². The third-order valence-corrected chi connectivity index (χ3v) is 5.71. The number of carbonyl (C=O) groups excluding carboxylic acids is 2. The molecule has 9 heteroatoms. The third-order valence-electron chi connectivity index (χ3n) is 5.71. The summed E-state index contributed by atoms with van der Waals surface area (Å²) in [5.41, 5.74) is 3.48. The van der Waals surface area contributed by atoms with Gasteiger partial charge in [-0.15, -0.1) is 0 Å². The van der Waals surface area contributed by atoms with Crippen LogP contribution in [0.15, 0.2) is 36.4 Å². The van der Waals surface area contributed by atoms with Crippen LogP contribution in [0, 0.1) is 5.92 Å². The van der Waals surface area contributed by atoms with Crippen molar-refractivity contribution in [2.45, 2.75) is 46.1 Å². The minimum atomic E-state index is -1.44. The number of rotatable bonds is 16. The summed E-state index contributed by atoms with van der Waals surface area (Å²) in [5.74, 6) is -1.95. The van der Waals surface area contributed by atoms with Crippen LogP contribution >= 0.6 is 0 Å². The molecule has 1 unspecified atom stereocenters. The van der Waals surface area contributed by atoms with Crippen LogP contribution < -0.4 is 9.47 Å². The molecule has 0 aliphatic carbocycles. The van der Waals surface area contributed by atoms with E-state index < -0.39 is 24.0 Å². The summed E-state index contributed by atoms with van der Waals surface area (Å²) in [4.78, 5) is 25.0. The Kier molecular flexibility index (Phi) is 12.9. The van der Waals surface area contributed by atoms with Gasteiger partial charge in [-0.2, -0.15) is 0 Å². The molecule has 0 spiro atoms. The van der Waals surface area contributed by atoms with E-state index in [-0.39, 0.29) is 33.2 Å². The average molecular weight is 519 g/mol. The van der Waals surface area contributed by atoms with Crippen LogP contribution in [0.5, 0.6) is 11.5 Å². The monoisotopic (exact) mass is 518 g/mol. The lowest BCUT2D eigenvalue weighted by atomic mass is 9.87. The van der Waals surface area contributed by atoms with Crippen molar-refractivity contribution < 1.29 is 43.1 Å². The van der Waals surface area contributed by atoms with Crippen molar-refractivity contribution >= 4 is 11.9 Å². The molecule has 0 aliphatic heterocycles. The number of ether oxygens (including phenoxy) is 6. The first kappa shape index (κ1) is 30.1. The van der Waals surface area contributed by atoms with E-state index in [9.17, 15) is 14.7 Å². The predicted octanol–water partition coefficient (Wildman–Crippen LogP) is 3.92. The van der Waals surface area contributed by atoms with Crippen LogP contribution in [-0.2, 0) is 41.4 Å². The summed E-state index contributed by atoms with van der Waals surface area (Å²) in [6, 6.07) is 11.5. The quantitative estimate of drug-likeness (QED) is 0.201. The summed E-state index contributed by atoms with van der Waals surface area (Å²) in [6.07, 6.45) is -0.295. The molecule has 0 amide bonds. The van der Waals surface area contributed by atoms with Gasteiger partial charge in [-0.05, 0) is 49.8 Å². The molecule has 0 aliphatic rings. The highest BCUT2D eigenvalue weighted by molar-refractivity contribution is 5.95. The molecule has 1 atom stereocenters. The number of carbonyl (C=O) groups is 2. The summed E-state index contributed by atoms with van der Waals surface area (Å²) in [6.45, 7) is 5.50. The molecule has 9 nitrogen and oxygen atoms in total. The van der Waals surface area contributed by atoms with Crippen molar-refractivity contribution in [3.05, 3.63) is 47.5 Å². The zero-order chi connectivity index (χ0) is 27.2. The third kappa shape index (κ3) is 8.18. The van der Waals surface area contributed by atoms with E-state index in [4.69, 9.17) is 28.4 Å². The van der Waals surface area contributed by atoms with Crippen molar-refractivity contribution in [3.63, 3.8) is 0 Å². The van der Waals surface area contributed by atoms with Crippen LogP contribution in [0.1, 0.15) is 38.3 Å². The molecule has 1 N–H and O–H groups in total. The lowest BCUT2D eigenvalue weighted by molar-refractivity contribution is -0.167. The summed E-state index contributed by atoms with van der Waals surface area (Å²) in [7, 11) is 3.07. The van der Waals surface area contributed by atoms with Gasteiger partial charge in [0.2, 0.25) is 0 Å². The number of hydrogen-bond donors (Lipinski definition) is 1. The van der Waals surface area contributed by atoms with Crippen molar-refractivity contribution in [2.75, 3.05) is 41.0 Å². The van der Waals surface area contributed by atoms with Gasteiger partial charge in [0, 0.05) is 25.8 Å². The number of methoxy groups -OCH3 is 2. The predicted molar refractivity (Wildman–Crippen MR) is 137 cm³/mol. The molecule has 2 aromatic rings. The second-order valence-corrected chi connectivity index (χ2v) is 8.11. The zero-order valence-corrected chi connectivity index (χ0v) is 22.3. The molecule has 0 bridgehead atoms. The van der Waals surface area contributed by atoms with Crippen molar-refractivity contribution in [1.29, 1.82) is 0 Å². The fourth-order valence-electron chi connectivity index (χ4n) is 4.13. The van der Waals surface area contributed by atoms with E-state index in [2.05, 4.69) is 0 Å². The molecule has 204 valence electrons. The van der Waals surface area contributed by atoms with Crippen LogP contribution in [0.2, 0.25) is 0 Å². The molecular formula is C28H38O9. The Morgan fingerprint density at radius 2 is 1.41 bits per heavy atom. The van der Waals surface area contributed by atoms with Crippen LogP contribution in [0.3, 0.4) is 0 Å². The summed E-state index contributed by atoms with van der Waals surface area (Å²) < 4.78 is 32.2. The number of aliphatic hydroxyl groups is 1. The first-order valence-electron chi connectivity index (χ1n) is 12.4. The van der Waals surface area contributed by atoms with Gasteiger partial charge in [0.05, 0.1) is 19.3 Å². The van der Waals surface area contributed by atoms with E-state index in [0.717, 1.165) is 22.3 Å². The molecule has 0 radical (unpaired) electrons. The molecular weight excluding hydrogens is 480 g/mol. The van der Waals surface area contributed by atoms with Gasteiger partial charge < -0.3 is 33.5 Å². The fraction of sp³-hybridized carbons (Fsp3) is 0.500. The molecule has 2 aromatic carbocycles. The van der Waals surface area contributed by atoms with Gasteiger partial charge in [-0.25, -0.2) is 0 Å². The molecule has 0 saturated heterocycles. The number of benzene rings is 2. The lowest BCUT2D eigenvalue weighted by Crippen LogP contribution is -2.38. The zero-order valence-electron chi connectivity index (χ0n) is 22.3. The highest BCUT2D eigenvalue weighted by atomic mass is 16.7. The normalized spacial score (nSPS) is 11.8. The van der Waals surface area contributed by atoms with Gasteiger partial charge in [-0.3, -0.25) is 9.59 Å². The lowest BCUT2D eigenvalue weighted by Gasteiger charge is -2.24. The smallest absolute Gasteiger partial charge is 0.323 e. The number of aliphatic hydroxyl groups excluding tert-OH is 1. The molecule has 0 fully saturated rings. The SMILES string of the molecule is CCOC(=O)C(C(=O)OCC)C(O)CCc1c(CC)c(OCOC)cc(OCOC)c1-c1ccccc1. The largest absolute Gasteiger partial charge is 0.467 e. The Morgan fingerprint density at radius 3 is 1.92 bits per heavy atom. The van der Waals surface area contributed by atoms with Crippen LogP contribution in [0.4, 0.5) is 0 Å². The first-order valence-corrected chi connectivity index (χ1v) is 12.4. The minimum Gasteiger partial charge on any atom is -0.467 e. The van der Waals surface area contributed by atoms with E-state index in [1.807, 2.05) is 37.3 Å². The van der Waals surface area contributed by atoms with E-state index >= 15 is 0 Å². The maximum atomic E-state index is 12.5. The molecule has 0 aromatic heterocycles. The van der Waals surface area contributed by atoms with Gasteiger partial charge in [0.25, 0.3) is 0 Å². The summed E-state index contributed by atoms with van der Waals surface area (Å²) >= 11 is 0.